The Morgan fingerprint density at radius 3 is 2.93 bits per heavy atom. The summed E-state index contributed by atoms with van der Waals surface area (Å²) in [7, 11) is 0. The van der Waals surface area contributed by atoms with Crippen LogP contribution < -0.4 is 5.32 Å². The number of nitriles is 1. The second-order valence-corrected chi connectivity index (χ2v) is 6.73. The number of hydrogen-bond donors (Lipinski definition) is 1. The maximum atomic E-state index is 13.0. The first kappa shape index (κ1) is 19.8. The molecular weight excluding hydrogens is 363 g/mol. The van der Waals surface area contributed by atoms with Crippen molar-refractivity contribution in [1.29, 1.82) is 5.26 Å². The number of para-hydroxylation sites is 1. The predicted octanol–water partition coefficient (Wildman–Crippen LogP) is 1.52. The van der Waals surface area contributed by atoms with Gasteiger partial charge in [0.05, 0.1) is 30.3 Å². The number of fused-ring (bicyclic) bond motifs is 1. The minimum Gasteiger partial charge on any atom is -0.377 e. The van der Waals surface area contributed by atoms with Crippen LogP contribution in [0.4, 0.5) is 4.39 Å². The zero-order valence-corrected chi connectivity index (χ0v) is 15.8. The lowest BCUT2D eigenvalue weighted by atomic mass is 10.1. The zero-order chi connectivity index (χ0) is 20.1. The number of benzene rings is 1. The highest BCUT2D eigenvalue weighted by Crippen LogP contribution is 2.25. The van der Waals surface area contributed by atoms with Crippen LogP contribution >= 0.6 is 0 Å². The van der Waals surface area contributed by atoms with E-state index in [0.29, 0.717) is 18.7 Å². The molecule has 28 heavy (non-hydrogen) atoms. The molecule has 2 aromatic rings. The number of nitrogens with one attached hydrogen (secondary N) is 1. The number of halogens is 1. The van der Waals surface area contributed by atoms with E-state index in [-0.39, 0.29) is 37.9 Å². The number of amides is 2. The molecule has 148 valence electrons. The normalized spacial score (nSPS) is 16.8. The molecular formula is C20H23FN4O3. The van der Waals surface area contributed by atoms with E-state index in [9.17, 15) is 19.2 Å². The van der Waals surface area contributed by atoms with E-state index in [0.717, 1.165) is 16.6 Å². The van der Waals surface area contributed by atoms with Crippen molar-refractivity contribution in [2.24, 2.45) is 0 Å². The monoisotopic (exact) mass is 386 g/mol. The summed E-state index contributed by atoms with van der Waals surface area (Å²) in [6.45, 7) is 2.31. The van der Waals surface area contributed by atoms with Crippen molar-refractivity contribution in [2.75, 3.05) is 33.0 Å². The standard InChI is InChI=1S/C20H23FN4O3/c1-14-17(11-22)16-4-2-3-5-18(16)25(14)12-20(27)24-8-9-28-13-15(24)10-19(26)23-7-6-21/h2-5,15H,6-10,12-13H2,1H3,(H,23,26)/t15-/m1/s1. The summed E-state index contributed by atoms with van der Waals surface area (Å²) in [4.78, 5) is 26.6. The van der Waals surface area contributed by atoms with Crippen molar-refractivity contribution in [2.45, 2.75) is 25.9 Å². The molecule has 1 aromatic heterocycles. The molecule has 1 N–H and O–H groups in total. The Labute approximate surface area is 162 Å². The van der Waals surface area contributed by atoms with E-state index in [1.807, 2.05) is 35.8 Å². The smallest absolute Gasteiger partial charge is 0.242 e. The topological polar surface area (TPSA) is 87.4 Å². The van der Waals surface area contributed by atoms with Gasteiger partial charge in [-0.05, 0) is 13.0 Å². The van der Waals surface area contributed by atoms with E-state index >= 15 is 0 Å². The number of ether oxygens (including phenoxy) is 1. The molecule has 0 radical (unpaired) electrons. The van der Waals surface area contributed by atoms with Crippen LogP contribution in [0.15, 0.2) is 24.3 Å². The van der Waals surface area contributed by atoms with Crippen molar-refractivity contribution in [3.63, 3.8) is 0 Å². The lowest BCUT2D eigenvalue weighted by Gasteiger charge is -2.35. The average Bonchev–Trinajstić information content (AvgIpc) is 2.97. The van der Waals surface area contributed by atoms with Gasteiger partial charge in [0.1, 0.15) is 19.3 Å². The molecule has 3 rings (SSSR count). The van der Waals surface area contributed by atoms with Crippen LogP contribution in [-0.2, 0) is 20.9 Å². The highest BCUT2D eigenvalue weighted by atomic mass is 19.1. The fourth-order valence-electron chi connectivity index (χ4n) is 3.63. The van der Waals surface area contributed by atoms with Crippen molar-refractivity contribution in [1.82, 2.24) is 14.8 Å². The third kappa shape index (κ3) is 3.99. The largest absolute Gasteiger partial charge is 0.377 e. The number of alkyl halides is 1. The predicted molar refractivity (Wildman–Crippen MR) is 101 cm³/mol. The van der Waals surface area contributed by atoms with Gasteiger partial charge in [0.15, 0.2) is 0 Å². The van der Waals surface area contributed by atoms with Gasteiger partial charge in [-0.3, -0.25) is 9.59 Å². The van der Waals surface area contributed by atoms with Crippen LogP contribution in [-0.4, -0.2) is 60.3 Å². The molecule has 0 saturated carbocycles. The van der Waals surface area contributed by atoms with Crippen LogP contribution in [0, 0.1) is 18.3 Å². The van der Waals surface area contributed by atoms with Crippen molar-refractivity contribution in [3.8, 4) is 6.07 Å². The van der Waals surface area contributed by atoms with Gasteiger partial charge in [0, 0.05) is 30.6 Å². The number of hydrogen-bond acceptors (Lipinski definition) is 4. The van der Waals surface area contributed by atoms with Gasteiger partial charge >= 0.3 is 0 Å². The highest BCUT2D eigenvalue weighted by molar-refractivity contribution is 5.90. The van der Waals surface area contributed by atoms with E-state index < -0.39 is 12.7 Å². The van der Waals surface area contributed by atoms with E-state index in [2.05, 4.69) is 11.4 Å². The maximum Gasteiger partial charge on any atom is 0.242 e. The summed E-state index contributed by atoms with van der Waals surface area (Å²) < 4.78 is 19.5. The molecule has 8 heteroatoms. The Balaban J connectivity index is 1.80. The molecule has 7 nitrogen and oxygen atoms in total. The second-order valence-electron chi connectivity index (χ2n) is 6.73. The molecule has 1 fully saturated rings. The fraction of sp³-hybridized carbons (Fsp3) is 0.450. The Hall–Kier alpha value is -2.92. The first-order valence-electron chi connectivity index (χ1n) is 9.24. The second kappa shape index (κ2) is 8.85. The van der Waals surface area contributed by atoms with Gasteiger partial charge in [-0.2, -0.15) is 5.26 Å². The number of nitrogens with zero attached hydrogens (tertiary/aromatic N) is 3. The first-order chi connectivity index (χ1) is 13.6. The van der Waals surface area contributed by atoms with E-state index in [4.69, 9.17) is 4.74 Å². The van der Waals surface area contributed by atoms with E-state index in [1.54, 1.807) is 4.90 Å². The zero-order valence-electron chi connectivity index (χ0n) is 15.8. The van der Waals surface area contributed by atoms with Gasteiger partial charge in [-0.15, -0.1) is 0 Å². The minimum atomic E-state index is -0.628. The highest BCUT2D eigenvalue weighted by Gasteiger charge is 2.30. The molecule has 2 heterocycles. The van der Waals surface area contributed by atoms with Crippen LogP contribution in [0.2, 0.25) is 0 Å². The summed E-state index contributed by atoms with van der Waals surface area (Å²) in [6, 6.07) is 9.32. The summed E-state index contributed by atoms with van der Waals surface area (Å²) in [5.41, 5.74) is 2.13. The summed E-state index contributed by atoms with van der Waals surface area (Å²) in [6.07, 6.45) is 0.0700. The van der Waals surface area contributed by atoms with Crippen LogP contribution in [0.5, 0.6) is 0 Å². The summed E-state index contributed by atoms with van der Waals surface area (Å²) in [5.74, 6) is -0.444. The van der Waals surface area contributed by atoms with Crippen molar-refractivity contribution < 1.29 is 18.7 Å². The average molecular weight is 386 g/mol. The number of aromatic nitrogens is 1. The molecule has 1 atom stereocenters. The minimum absolute atomic E-state index is 0.0359. The van der Waals surface area contributed by atoms with Gasteiger partial charge in [-0.25, -0.2) is 4.39 Å². The van der Waals surface area contributed by atoms with Crippen molar-refractivity contribution >= 4 is 22.7 Å². The molecule has 1 aliphatic rings. The number of rotatable bonds is 6. The van der Waals surface area contributed by atoms with Gasteiger partial charge < -0.3 is 19.5 Å². The molecule has 0 bridgehead atoms. The Morgan fingerprint density at radius 1 is 1.39 bits per heavy atom. The van der Waals surface area contributed by atoms with Gasteiger partial charge in [-0.1, -0.05) is 18.2 Å². The Kier molecular flexibility index (Phi) is 6.26. The Morgan fingerprint density at radius 2 is 2.18 bits per heavy atom. The molecule has 1 aliphatic heterocycles. The van der Waals surface area contributed by atoms with Gasteiger partial charge in [0.25, 0.3) is 0 Å². The lowest BCUT2D eigenvalue weighted by molar-refractivity contribution is -0.142. The first-order valence-corrected chi connectivity index (χ1v) is 9.24. The SMILES string of the molecule is Cc1c(C#N)c2ccccc2n1CC(=O)N1CCOC[C@H]1CC(=O)NCCF. The molecule has 0 unspecified atom stereocenters. The quantitative estimate of drug-likeness (QED) is 0.816. The lowest BCUT2D eigenvalue weighted by Crippen LogP contribution is -2.51. The molecule has 1 saturated heterocycles. The third-order valence-corrected chi connectivity index (χ3v) is 5.02. The van der Waals surface area contributed by atoms with E-state index in [1.165, 1.54) is 0 Å². The fourth-order valence-corrected chi connectivity index (χ4v) is 3.63. The summed E-state index contributed by atoms with van der Waals surface area (Å²) >= 11 is 0. The molecule has 0 spiro atoms. The van der Waals surface area contributed by atoms with Crippen LogP contribution in [0.25, 0.3) is 10.9 Å². The summed E-state index contributed by atoms with van der Waals surface area (Å²) in [5, 5.41) is 12.8. The van der Waals surface area contributed by atoms with Crippen molar-refractivity contribution in [3.05, 3.63) is 35.5 Å². The number of morpholine rings is 1. The number of carbonyl (C=O) groups excluding carboxylic acids is 2. The Bertz CT molecular complexity index is 918. The molecule has 1 aromatic carbocycles. The van der Waals surface area contributed by atoms with Gasteiger partial charge in [0.2, 0.25) is 11.8 Å². The third-order valence-electron chi connectivity index (χ3n) is 5.02. The van der Waals surface area contributed by atoms with Crippen LogP contribution in [0.1, 0.15) is 17.7 Å². The molecule has 2 amide bonds. The number of carbonyl (C=O) groups is 2. The van der Waals surface area contributed by atoms with Crippen LogP contribution in [0.3, 0.4) is 0 Å². The molecule has 0 aliphatic carbocycles. The maximum absolute atomic E-state index is 13.0.